The van der Waals surface area contributed by atoms with E-state index in [-0.39, 0.29) is 18.4 Å². The van der Waals surface area contributed by atoms with Crippen LogP contribution in [-0.2, 0) is 14.3 Å². The third-order valence-corrected chi connectivity index (χ3v) is 3.07. The highest BCUT2D eigenvalue weighted by Gasteiger charge is 2.21. The number of ether oxygens (including phenoxy) is 3. The third-order valence-electron chi connectivity index (χ3n) is 3.07. The second-order valence-electron chi connectivity index (χ2n) is 6.09. The summed E-state index contributed by atoms with van der Waals surface area (Å²) in [6.45, 7) is 5.39. The van der Waals surface area contributed by atoms with Gasteiger partial charge in [-0.25, -0.2) is 4.79 Å². The minimum atomic E-state index is -0.586. The van der Waals surface area contributed by atoms with Gasteiger partial charge in [-0.05, 0) is 44.9 Å². The lowest BCUT2D eigenvalue weighted by molar-refractivity contribution is -0.140. The second-order valence-corrected chi connectivity index (χ2v) is 6.09. The summed E-state index contributed by atoms with van der Waals surface area (Å²) in [5.41, 5.74) is 0.275. The molecule has 1 N–H and O–H groups in total. The summed E-state index contributed by atoms with van der Waals surface area (Å²) in [6, 6.07) is 6.94. The van der Waals surface area contributed by atoms with Gasteiger partial charge in [-0.3, -0.25) is 4.79 Å². The Kier molecular flexibility index (Phi) is 6.88. The van der Waals surface area contributed by atoms with E-state index in [4.69, 9.17) is 9.47 Å². The van der Waals surface area contributed by atoms with Crippen molar-refractivity contribution in [2.75, 3.05) is 14.2 Å². The molecule has 1 aromatic rings. The van der Waals surface area contributed by atoms with Crippen molar-refractivity contribution in [2.24, 2.45) is 0 Å². The Morgan fingerprint density at radius 3 is 2.22 bits per heavy atom. The van der Waals surface area contributed by atoms with E-state index < -0.39 is 11.7 Å². The number of hydrogen-bond acceptors (Lipinski definition) is 5. The van der Waals surface area contributed by atoms with Crippen molar-refractivity contribution < 1.29 is 23.8 Å². The lowest BCUT2D eigenvalue weighted by atomic mass is 10.0. The Morgan fingerprint density at radius 1 is 1.13 bits per heavy atom. The summed E-state index contributed by atoms with van der Waals surface area (Å²) in [5.74, 6) is 0.396. The van der Waals surface area contributed by atoms with Gasteiger partial charge < -0.3 is 19.5 Å². The first kappa shape index (κ1) is 18.8. The van der Waals surface area contributed by atoms with Crippen molar-refractivity contribution >= 4 is 12.1 Å². The average molecular weight is 323 g/mol. The molecule has 1 aromatic carbocycles. The van der Waals surface area contributed by atoms with Crippen LogP contribution >= 0.6 is 0 Å². The van der Waals surface area contributed by atoms with Gasteiger partial charge in [0, 0.05) is 6.42 Å². The molecule has 0 spiro atoms. The number of carbonyl (C=O) groups is 2. The Labute approximate surface area is 137 Å². The Hall–Kier alpha value is -2.24. The molecule has 0 aliphatic rings. The van der Waals surface area contributed by atoms with Gasteiger partial charge in [-0.15, -0.1) is 0 Å². The molecule has 128 valence electrons. The molecule has 6 heteroatoms. The van der Waals surface area contributed by atoms with Crippen molar-refractivity contribution in [1.29, 1.82) is 0 Å². The standard InChI is InChI=1S/C17H25NO5/c1-17(2,3)23-16(20)18-14(10-11-15(19)22-5)12-6-8-13(21-4)9-7-12/h6-9,14H,10-11H2,1-5H3,(H,18,20). The predicted octanol–water partition coefficient (Wildman–Crippen LogP) is 3.21. The summed E-state index contributed by atoms with van der Waals surface area (Å²) in [7, 11) is 2.93. The summed E-state index contributed by atoms with van der Waals surface area (Å²) in [5, 5.41) is 2.80. The number of hydrogen-bond donors (Lipinski definition) is 1. The fourth-order valence-corrected chi connectivity index (χ4v) is 1.97. The van der Waals surface area contributed by atoms with E-state index in [0.29, 0.717) is 6.42 Å². The molecule has 1 rings (SSSR count). The van der Waals surface area contributed by atoms with Gasteiger partial charge in [0.15, 0.2) is 0 Å². The molecular weight excluding hydrogens is 298 g/mol. The van der Waals surface area contributed by atoms with E-state index in [1.165, 1.54) is 7.11 Å². The number of methoxy groups -OCH3 is 2. The maximum absolute atomic E-state index is 12.0. The quantitative estimate of drug-likeness (QED) is 0.814. The summed E-state index contributed by atoms with van der Waals surface area (Å²) in [4.78, 5) is 23.4. The SMILES string of the molecule is COC(=O)CCC(NC(=O)OC(C)(C)C)c1ccc(OC)cc1. The van der Waals surface area contributed by atoms with E-state index in [1.54, 1.807) is 40.0 Å². The van der Waals surface area contributed by atoms with Crippen LogP contribution in [0.4, 0.5) is 4.79 Å². The monoisotopic (exact) mass is 323 g/mol. The van der Waals surface area contributed by atoms with E-state index >= 15 is 0 Å². The second kappa shape index (κ2) is 8.41. The molecule has 0 radical (unpaired) electrons. The molecule has 0 aromatic heterocycles. The molecule has 0 aliphatic heterocycles. The highest BCUT2D eigenvalue weighted by Crippen LogP contribution is 2.22. The van der Waals surface area contributed by atoms with Crippen LogP contribution in [-0.4, -0.2) is 31.9 Å². The van der Waals surface area contributed by atoms with Crippen molar-refractivity contribution in [2.45, 2.75) is 45.3 Å². The first-order valence-corrected chi connectivity index (χ1v) is 7.45. The van der Waals surface area contributed by atoms with Gasteiger partial charge in [0.2, 0.25) is 0 Å². The number of carbonyl (C=O) groups excluding carboxylic acids is 2. The normalized spacial score (nSPS) is 12.2. The van der Waals surface area contributed by atoms with Gasteiger partial charge in [-0.2, -0.15) is 0 Å². The molecule has 0 bridgehead atoms. The van der Waals surface area contributed by atoms with Gasteiger partial charge in [0.1, 0.15) is 11.4 Å². The smallest absolute Gasteiger partial charge is 0.408 e. The average Bonchev–Trinajstić information content (AvgIpc) is 2.49. The summed E-state index contributed by atoms with van der Waals surface area (Å²) < 4.78 is 15.1. The van der Waals surface area contributed by atoms with Gasteiger partial charge in [0.25, 0.3) is 0 Å². The molecule has 6 nitrogen and oxygen atoms in total. The van der Waals surface area contributed by atoms with Gasteiger partial charge >= 0.3 is 12.1 Å². The first-order chi connectivity index (χ1) is 10.7. The van der Waals surface area contributed by atoms with Crippen LogP contribution in [0.3, 0.4) is 0 Å². The highest BCUT2D eigenvalue weighted by atomic mass is 16.6. The van der Waals surface area contributed by atoms with Crippen molar-refractivity contribution in [3.8, 4) is 5.75 Å². The van der Waals surface area contributed by atoms with E-state index in [0.717, 1.165) is 11.3 Å². The zero-order valence-corrected chi connectivity index (χ0v) is 14.3. The molecule has 0 aliphatic carbocycles. The van der Waals surface area contributed by atoms with Crippen LogP contribution < -0.4 is 10.1 Å². The van der Waals surface area contributed by atoms with Gasteiger partial charge in [-0.1, -0.05) is 12.1 Å². The molecule has 0 heterocycles. The van der Waals surface area contributed by atoms with E-state index in [2.05, 4.69) is 10.1 Å². The number of alkyl carbamates (subject to hydrolysis) is 1. The fraction of sp³-hybridized carbons (Fsp3) is 0.529. The predicted molar refractivity (Wildman–Crippen MR) is 86.4 cm³/mol. The van der Waals surface area contributed by atoms with Crippen LogP contribution in [0.15, 0.2) is 24.3 Å². The largest absolute Gasteiger partial charge is 0.497 e. The number of rotatable bonds is 6. The molecule has 1 atom stereocenters. The fourth-order valence-electron chi connectivity index (χ4n) is 1.97. The highest BCUT2D eigenvalue weighted by molar-refractivity contribution is 5.70. The number of benzene rings is 1. The lowest BCUT2D eigenvalue weighted by Gasteiger charge is -2.24. The summed E-state index contributed by atoms with van der Waals surface area (Å²) in [6.07, 6.45) is 0.0875. The molecule has 1 unspecified atom stereocenters. The number of amides is 1. The zero-order chi connectivity index (χ0) is 17.5. The van der Waals surface area contributed by atoms with Crippen LogP contribution in [0.5, 0.6) is 5.75 Å². The third kappa shape index (κ3) is 7.04. The molecule has 1 amide bonds. The topological polar surface area (TPSA) is 73.9 Å². The number of nitrogens with one attached hydrogen (secondary N) is 1. The molecule has 0 saturated heterocycles. The number of esters is 1. The van der Waals surface area contributed by atoms with Crippen LogP contribution in [0.1, 0.15) is 45.2 Å². The van der Waals surface area contributed by atoms with Crippen molar-refractivity contribution in [3.05, 3.63) is 29.8 Å². The first-order valence-electron chi connectivity index (χ1n) is 7.45. The molecule has 0 saturated carbocycles. The minimum Gasteiger partial charge on any atom is -0.497 e. The Balaban J connectivity index is 2.82. The van der Waals surface area contributed by atoms with Gasteiger partial charge in [0.05, 0.1) is 20.3 Å². The molecular formula is C17H25NO5. The van der Waals surface area contributed by atoms with Crippen LogP contribution in [0.25, 0.3) is 0 Å². The van der Waals surface area contributed by atoms with E-state index in [1.807, 2.05) is 12.1 Å². The zero-order valence-electron chi connectivity index (χ0n) is 14.3. The van der Waals surface area contributed by atoms with Crippen LogP contribution in [0, 0.1) is 0 Å². The van der Waals surface area contributed by atoms with Crippen LogP contribution in [0.2, 0.25) is 0 Å². The Morgan fingerprint density at radius 2 is 1.74 bits per heavy atom. The maximum atomic E-state index is 12.0. The lowest BCUT2D eigenvalue weighted by Crippen LogP contribution is -2.35. The summed E-state index contributed by atoms with van der Waals surface area (Å²) >= 11 is 0. The molecule has 23 heavy (non-hydrogen) atoms. The Bertz CT molecular complexity index is 519. The van der Waals surface area contributed by atoms with E-state index in [9.17, 15) is 9.59 Å². The maximum Gasteiger partial charge on any atom is 0.408 e. The van der Waals surface area contributed by atoms with Crippen molar-refractivity contribution in [3.63, 3.8) is 0 Å². The minimum absolute atomic E-state index is 0.197. The molecule has 0 fully saturated rings. The van der Waals surface area contributed by atoms with Crippen molar-refractivity contribution in [1.82, 2.24) is 5.32 Å².